The van der Waals surface area contributed by atoms with Crippen molar-refractivity contribution >= 4 is 0 Å². The van der Waals surface area contributed by atoms with E-state index in [-0.39, 0.29) is 0 Å². The number of hydrogen-bond acceptors (Lipinski definition) is 4. The highest BCUT2D eigenvalue weighted by Gasteiger charge is 2.41. The van der Waals surface area contributed by atoms with Gasteiger partial charge in [0.25, 0.3) is 0 Å². The molecule has 18 heavy (non-hydrogen) atoms. The Hall–Kier alpha value is -1.75. The summed E-state index contributed by atoms with van der Waals surface area (Å²) in [6.07, 6.45) is 10.8. The standard InChI is InChI=1S/C13H15N5/c1-2-10-9(5-8(1)17-10)13-16-7-12(18-13)11-6-14-3-4-15-11/h3-4,6-10,17H,1-2,5H2,(H,16,18). The lowest BCUT2D eigenvalue weighted by atomic mass is 9.89. The first-order valence-corrected chi connectivity index (χ1v) is 6.47. The molecule has 0 aliphatic carbocycles. The summed E-state index contributed by atoms with van der Waals surface area (Å²) in [5, 5.41) is 3.64. The van der Waals surface area contributed by atoms with E-state index in [2.05, 4.69) is 25.3 Å². The van der Waals surface area contributed by atoms with Crippen LogP contribution < -0.4 is 5.32 Å². The van der Waals surface area contributed by atoms with E-state index in [0.717, 1.165) is 17.2 Å². The third-order valence-electron chi connectivity index (χ3n) is 4.09. The van der Waals surface area contributed by atoms with Crippen LogP contribution in [0.3, 0.4) is 0 Å². The van der Waals surface area contributed by atoms with Crippen LogP contribution in [0.25, 0.3) is 11.4 Å². The van der Waals surface area contributed by atoms with E-state index in [1.54, 1.807) is 18.6 Å². The Bertz CT molecular complexity index is 550. The number of nitrogens with zero attached hydrogens (tertiary/aromatic N) is 3. The highest BCUT2D eigenvalue weighted by atomic mass is 15.1. The molecule has 2 aliphatic heterocycles. The molecular formula is C13H15N5. The molecule has 2 aromatic heterocycles. The summed E-state index contributed by atoms with van der Waals surface area (Å²) in [6, 6.07) is 1.31. The van der Waals surface area contributed by atoms with Gasteiger partial charge in [-0.05, 0) is 19.3 Å². The smallest absolute Gasteiger partial charge is 0.111 e. The zero-order valence-electron chi connectivity index (χ0n) is 10.0. The maximum absolute atomic E-state index is 4.53. The van der Waals surface area contributed by atoms with E-state index < -0.39 is 0 Å². The second-order valence-corrected chi connectivity index (χ2v) is 5.16. The van der Waals surface area contributed by atoms with Gasteiger partial charge >= 0.3 is 0 Å². The van der Waals surface area contributed by atoms with Gasteiger partial charge in [-0.2, -0.15) is 0 Å². The van der Waals surface area contributed by atoms with E-state index in [0.29, 0.717) is 18.0 Å². The minimum Gasteiger partial charge on any atom is -0.340 e. The van der Waals surface area contributed by atoms with E-state index in [1.165, 1.54) is 19.3 Å². The topological polar surface area (TPSA) is 66.5 Å². The third kappa shape index (κ3) is 1.54. The monoisotopic (exact) mass is 241 g/mol. The largest absolute Gasteiger partial charge is 0.340 e. The first kappa shape index (κ1) is 10.2. The lowest BCUT2D eigenvalue weighted by Gasteiger charge is -2.17. The highest BCUT2D eigenvalue weighted by Crippen LogP contribution is 2.39. The fraction of sp³-hybridized carbons (Fsp3) is 0.462. The van der Waals surface area contributed by atoms with Crippen molar-refractivity contribution in [3.8, 4) is 11.4 Å². The van der Waals surface area contributed by atoms with Crippen LogP contribution in [0.4, 0.5) is 0 Å². The molecular weight excluding hydrogens is 226 g/mol. The van der Waals surface area contributed by atoms with Crippen molar-refractivity contribution in [2.45, 2.75) is 37.3 Å². The Morgan fingerprint density at radius 3 is 2.83 bits per heavy atom. The molecule has 4 rings (SSSR count). The molecule has 0 aromatic carbocycles. The number of imidazole rings is 1. The zero-order valence-corrected chi connectivity index (χ0v) is 10.0. The van der Waals surface area contributed by atoms with E-state index in [4.69, 9.17) is 0 Å². The lowest BCUT2D eigenvalue weighted by Crippen LogP contribution is -2.22. The minimum absolute atomic E-state index is 0.536. The Morgan fingerprint density at radius 1 is 1.11 bits per heavy atom. The summed E-state index contributed by atoms with van der Waals surface area (Å²) >= 11 is 0. The predicted octanol–water partition coefficient (Wildman–Crippen LogP) is 1.47. The van der Waals surface area contributed by atoms with Crippen molar-refractivity contribution in [1.29, 1.82) is 0 Å². The molecule has 2 saturated heterocycles. The average Bonchev–Trinajstić information content (AvgIpc) is 3.15. The van der Waals surface area contributed by atoms with Crippen LogP contribution in [0.5, 0.6) is 0 Å². The number of hydrogen-bond donors (Lipinski definition) is 2. The van der Waals surface area contributed by atoms with Gasteiger partial charge in [0, 0.05) is 30.4 Å². The lowest BCUT2D eigenvalue weighted by molar-refractivity contribution is 0.490. The second kappa shape index (κ2) is 3.88. The van der Waals surface area contributed by atoms with E-state index in [1.807, 2.05) is 6.20 Å². The van der Waals surface area contributed by atoms with Gasteiger partial charge in [0.2, 0.25) is 0 Å². The van der Waals surface area contributed by atoms with E-state index in [9.17, 15) is 0 Å². The first-order chi connectivity index (χ1) is 8.90. The Balaban J connectivity index is 1.63. The van der Waals surface area contributed by atoms with Crippen LogP contribution in [0.15, 0.2) is 24.8 Å². The van der Waals surface area contributed by atoms with Gasteiger partial charge in [0.05, 0.1) is 18.1 Å². The average molecular weight is 241 g/mol. The molecule has 2 fully saturated rings. The molecule has 0 saturated carbocycles. The van der Waals surface area contributed by atoms with Crippen molar-refractivity contribution in [2.75, 3.05) is 0 Å². The molecule has 0 spiro atoms. The van der Waals surface area contributed by atoms with Gasteiger partial charge in [-0.1, -0.05) is 0 Å². The van der Waals surface area contributed by atoms with Crippen molar-refractivity contribution in [1.82, 2.24) is 25.3 Å². The molecule has 0 radical (unpaired) electrons. The van der Waals surface area contributed by atoms with Crippen molar-refractivity contribution in [3.05, 3.63) is 30.6 Å². The third-order valence-corrected chi connectivity index (χ3v) is 4.09. The second-order valence-electron chi connectivity index (χ2n) is 5.16. The van der Waals surface area contributed by atoms with Gasteiger partial charge in [-0.15, -0.1) is 0 Å². The maximum Gasteiger partial charge on any atom is 0.111 e. The summed E-state index contributed by atoms with van der Waals surface area (Å²) in [5.41, 5.74) is 1.81. The molecule has 2 aliphatic rings. The van der Waals surface area contributed by atoms with Crippen molar-refractivity contribution in [3.63, 3.8) is 0 Å². The van der Waals surface area contributed by atoms with Gasteiger partial charge in [-0.25, -0.2) is 4.98 Å². The van der Waals surface area contributed by atoms with Crippen molar-refractivity contribution in [2.24, 2.45) is 0 Å². The van der Waals surface area contributed by atoms with Crippen LogP contribution in [-0.4, -0.2) is 32.0 Å². The summed E-state index contributed by atoms with van der Waals surface area (Å²) in [7, 11) is 0. The van der Waals surface area contributed by atoms with Gasteiger partial charge in [0.1, 0.15) is 11.5 Å². The summed E-state index contributed by atoms with van der Waals surface area (Å²) in [4.78, 5) is 16.3. The fourth-order valence-electron chi connectivity index (χ4n) is 3.22. The summed E-state index contributed by atoms with van der Waals surface area (Å²) in [6.45, 7) is 0. The summed E-state index contributed by atoms with van der Waals surface area (Å²) < 4.78 is 0. The zero-order chi connectivity index (χ0) is 11.9. The molecule has 92 valence electrons. The molecule has 2 bridgehead atoms. The van der Waals surface area contributed by atoms with Crippen LogP contribution in [0.2, 0.25) is 0 Å². The van der Waals surface area contributed by atoms with Crippen molar-refractivity contribution < 1.29 is 0 Å². The number of aromatic nitrogens is 4. The highest BCUT2D eigenvalue weighted by molar-refractivity contribution is 5.51. The van der Waals surface area contributed by atoms with Gasteiger partial charge in [0.15, 0.2) is 0 Å². The first-order valence-electron chi connectivity index (χ1n) is 6.47. The molecule has 0 amide bonds. The number of rotatable bonds is 2. The Labute approximate surface area is 105 Å². The Kier molecular flexibility index (Phi) is 2.20. The SMILES string of the molecule is c1cnc(-c2cnc(C3CC4CCC3N4)[nH]2)cn1. The molecule has 2 aromatic rings. The number of H-pyrrole nitrogens is 1. The molecule has 5 heteroatoms. The number of aromatic amines is 1. The molecule has 3 unspecified atom stereocenters. The predicted molar refractivity (Wildman–Crippen MR) is 66.9 cm³/mol. The molecule has 4 heterocycles. The quantitative estimate of drug-likeness (QED) is 0.835. The summed E-state index contributed by atoms with van der Waals surface area (Å²) in [5.74, 6) is 1.63. The van der Waals surface area contributed by atoms with Crippen LogP contribution in [0, 0.1) is 0 Å². The van der Waals surface area contributed by atoms with Gasteiger partial charge < -0.3 is 10.3 Å². The molecule has 5 nitrogen and oxygen atoms in total. The fourth-order valence-corrected chi connectivity index (χ4v) is 3.22. The molecule has 2 N–H and O–H groups in total. The normalized spacial score (nSPS) is 29.9. The van der Waals surface area contributed by atoms with Crippen LogP contribution in [-0.2, 0) is 0 Å². The molecule has 3 atom stereocenters. The van der Waals surface area contributed by atoms with Gasteiger partial charge in [-0.3, -0.25) is 9.97 Å². The van der Waals surface area contributed by atoms with Crippen LogP contribution in [0.1, 0.15) is 31.0 Å². The van der Waals surface area contributed by atoms with Crippen LogP contribution >= 0.6 is 0 Å². The maximum atomic E-state index is 4.53. The number of nitrogens with one attached hydrogen (secondary N) is 2. The number of fused-ring (bicyclic) bond motifs is 2. The Morgan fingerprint density at radius 2 is 2.11 bits per heavy atom. The van der Waals surface area contributed by atoms with E-state index >= 15 is 0 Å². The minimum atomic E-state index is 0.536.